The van der Waals surface area contributed by atoms with Crippen molar-refractivity contribution in [3.05, 3.63) is 271 Å². The van der Waals surface area contributed by atoms with E-state index >= 15 is 0 Å². The van der Waals surface area contributed by atoms with Crippen LogP contribution in [0.5, 0.6) is 0 Å². The molecule has 10 nitrogen and oxygen atoms in total. The van der Waals surface area contributed by atoms with Crippen molar-refractivity contribution in [1.29, 1.82) is 0 Å². The molecule has 0 aliphatic heterocycles. The van der Waals surface area contributed by atoms with Crippen LogP contribution in [0.1, 0.15) is 77.2 Å². The Morgan fingerprint density at radius 3 is 1.15 bits per heavy atom. The Morgan fingerprint density at radius 2 is 0.786 bits per heavy atom. The summed E-state index contributed by atoms with van der Waals surface area (Å²) in [4.78, 5) is 63.0. The highest BCUT2D eigenvalue weighted by Crippen LogP contribution is 2.30. The van der Waals surface area contributed by atoms with Crippen molar-refractivity contribution >= 4 is 173 Å². The number of pyridine rings is 4. The summed E-state index contributed by atoms with van der Waals surface area (Å²) in [6.45, 7) is 10.1. The molecule has 4 heterocycles. The van der Waals surface area contributed by atoms with E-state index in [1.54, 1.807) is 51.6 Å². The molecule has 98 heavy (non-hydrogen) atoms. The lowest BCUT2D eigenvalue weighted by molar-refractivity contribution is 0.244. The molecule has 1 amide bonds. The molecule has 6 atom stereocenters. The number of nitrogens with zero attached hydrogens (tertiary/aromatic N) is 4. The van der Waals surface area contributed by atoms with Crippen molar-refractivity contribution in [3.63, 3.8) is 0 Å². The Kier molecular flexibility index (Phi) is 30.0. The number of fused-ring (bicyclic) bond motifs is 8. The number of carbonyl (C=O) groups excluding carboxylic acids is 1. The number of benzene rings is 9. The lowest BCUT2D eigenvalue weighted by atomic mass is 9.89. The summed E-state index contributed by atoms with van der Waals surface area (Å²) in [7, 11) is 10.5. The van der Waals surface area contributed by atoms with Gasteiger partial charge in [-0.1, -0.05) is 194 Å². The fourth-order valence-corrected chi connectivity index (χ4v) is 16.5. The van der Waals surface area contributed by atoms with E-state index in [9.17, 15) is 24.0 Å². The first-order valence-corrected chi connectivity index (χ1v) is 43.5. The standard InChI is InChI=1S/C20H21NO.C18H20NOPS.C17H17N2O2PS.C15H13NO.C9H13PS.CH5PS/c22-20-16-10-4-6-12-18(16)21(14-15-8-2-1-3-9-15)19-13-7-5-11-17(19)20;1-13(12-22-21)10-11-19-16-8-4-2-6-14(16)18(20)15-7-3-5-9-17(15)19;20-16-12-6-1-3-8-14(12)19(15-9-4-2-7-13(15)16)17(21)18-10-5-11-23-22;1-2-16-13-9-5-3-7-11(13)15(17)12-8-4-6-10-14(12)16;1-8(7-11-10)9-5-3-2-4-6-9;1-3-2/h4-7,10-13,15H,1-3,8-9,14H2;2-9,13H,10-12,21H2,1H3;1-4,6-9H,5,10-11,22H2,(H,18,21);3-10H,2H2,1H3;2-6,8H,7,10H2,1H3;2H2,1H3. The fraction of sp³-hybridized carbons (Fsp3) is 0.263. The minimum atomic E-state index is -0.203. The van der Waals surface area contributed by atoms with Crippen LogP contribution in [0, 0.1) is 11.8 Å². The number of hydrogen-bond donors (Lipinski definition) is 1. The zero-order valence-electron chi connectivity index (χ0n) is 56.3. The zero-order valence-corrected chi connectivity index (χ0v) is 64.2. The van der Waals surface area contributed by atoms with E-state index in [1.807, 2.05) is 175 Å². The van der Waals surface area contributed by atoms with Crippen LogP contribution in [0.3, 0.4) is 0 Å². The summed E-state index contributed by atoms with van der Waals surface area (Å²) in [6, 6.07) is 72.4. The maximum absolute atomic E-state index is 12.7. The van der Waals surface area contributed by atoms with E-state index in [4.69, 9.17) is 0 Å². The van der Waals surface area contributed by atoms with Crippen LogP contribution in [0.2, 0.25) is 0 Å². The Bertz CT molecular complexity index is 4810. The molecular weight excluding hydrogens is 1360 g/mol. The molecule has 0 bridgehead atoms. The van der Waals surface area contributed by atoms with Crippen molar-refractivity contribution < 1.29 is 4.79 Å². The van der Waals surface area contributed by atoms with E-state index in [1.165, 1.54) is 43.4 Å². The van der Waals surface area contributed by atoms with Crippen molar-refractivity contribution in [1.82, 2.24) is 23.6 Å². The summed E-state index contributed by atoms with van der Waals surface area (Å²) in [5.41, 5.74) is 9.34. The number of hydrogen-bond acceptors (Lipinski definition) is 9. The van der Waals surface area contributed by atoms with E-state index in [2.05, 4.69) is 128 Å². The molecule has 13 aromatic rings. The number of aryl methyl sites for hydroxylation is 2. The topological polar surface area (TPSA) is 117 Å². The summed E-state index contributed by atoms with van der Waals surface area (Å²) < 4.78 is 8.46. The second-order valence-corrected chi connectivity index (χ2v) is 31.3. The van der Waals surface area contributed by atoms with Crippen molar-refractivity contribution in [3.8, 4) is 0 Å². The van der Waals surface area contributed by atoms with Gasteiger partial charge in [-0.3, -0.25) is 23.7 Å². The molecule has 6 unspecified atom stereocenters. The highest BCUT2D eigenvalue weighted by Gasteiger charge is 2.19. The predicted molar refractivity (Wildman–Crippen MR) is 447 cm³/mol. The molecule has 0 saturated heterocycles. The Balaban J connectivity index is 0.000000144. The summed E-state index contributed by atoms with van der Waals surface area (Å²) in [6.07, 6.45) is 10.7. The Labute approximate surface area is 600 Å². The molecule has 14 rings (SSSR count). The van der Waals surface area contributed by atoms with Crippen molar-refractivity contribution in [2.24, 2.45) is 11.8 Å². The third kappa shape index (κ3) is 18.9. The van der Waals surface area contributed by atoms with Gasteiger partial charge in [0, 0.05) is 75.0 Å². The molecule has 1 aliphatic rings. The van der Waals surface area contributed by atoms with Gasteiger partial charge in [-0.2, -0.15) is 0 Å². The van der Waals surface area contributed by atoms with E-state index in [-0.39, 0.29) is 27.7 Å². The van der Waals surface area contributed by atoms with Gasteiger partial charge in [-0.05, 0) is 171 Å². The third-order valence-corrected chi connectivity index (χ3v) is 21.6. The Hall–Kier alpha value is -6.55. The van der Waals surface area contributed by atoms with Gasteiger partial charge in [-0.15, -0.1) is 45.5 Å². The second kappa shape index (κ2) is 38.9. The van der Waals surface area contributed by atoms with Crippen LogP contribution in [0.4, 0.5) is 4.79 Å². The minimum absolute atomic E-state index is 0.0420. The van der Waals surface area contributed by atoms with Gasteiger partial charge >= 0.3 is 6.03 Å². The summed E-state index contributed by atoms with van der Waals surface area (Å²) in [5.74, 6) is 5.34. The number of amides is 1. The molecule has 1 fully saturated rings. The molecular formula is C80H89N5O5P4S4. The van der Waals surface area contributed by atoms with Crippen molar-refractivity contribution in [2.75, 3.05) is 30.1 Å². The monoisotopic (exact) mass is 1450 g/mol. The first-order chi connectivity index (χ1) is 47.9. The normalized spacial score (nSPS) is 12.7. The first-order valence-electron chi connectivity index (χ1n) is 33.4. The molecule has 18 heteroatoms. The van der Waals surface area contributed by atoms with E-state index < -0.39 is 0 Å². The molecule has 0 radical (unpaired) electrons. The SMILES string of the molecule is CC(CCn1c2ccccc2c(=O)c2ccccc21)CSP.CC(CSP)c1ccccc1.CCn1c2ccccc2c(=O)c2ccccc21.CSP.O=C(NCCCSP)n1c2ccccc2c(=O)c2ccccc21.O=c1c2ccccc2n(CC2CCCCC2)c2ccccc12. The third-order valence-electron chi connectivity index (χ3n) is 17.8. The van der Waals surface area contributed by atoms with Crippen LogP contribution < -0.4 is 27.0 Å². The highest BCUT2D eigenvalue weighted by atomic mass is 32.7. The fourth-order valence-electron chi connectivity index (χ4n) is 12.9. The number of rotatable bonds is 15. The number of nitrogens with one attached hydrogen (secondary N) is 1. The maximum atomic E-state index is 12.7. The smallest absolute Gasteiger partial charge is 0.326 e. The number of aromatic nitrogens is 4. The lowest BCUT2D eigenvalue weighted by Crippen LogP contribution is -2.31. The molecule has 0 spiro atoms. The van der Waals surface area contributed by atoms with Crippen LogP contribution in [0.15, 0.2) is 244 Å². The van der Waals surface area contributed by atoms with Gasteiger partial charge in [-0.25, -0.2) is 4.79 Å². The molecule has 1 aliphatic carbocycles. The lowest BCUT2D eigenvalue weighted by Gasteiger charge is -2.25. The van der Waals surface area contributed by atoms with Crippen LogP contribution in [-0.4, -0.2) is 54.4 Å². The molecule has 4 aromatic heterocycles. The zero-order chi connectivity index (χ0) is 69.3. The molecule has 1 saturated carbocycles. The molecule has 508 valence electrons. The van der Waals surface area contributed by atoms with Gasteiger partial charge in [0.25, 0.3) is 0 Å². The number of para-hydroxylation sites is 8. The van der Waals surface area contributed by atoms with Gasteiger partial charge in [0.2, 0.25) is 0 Å². The summed E-state index contributed by atoms with van der Waals surface area (Å²) in [5, 5.41) is 8.97. The summed E-state index contributed by atoms with van der Waals surface area (Å²) >= 11 is 6.97. The van der Waals surface area contributed by atoms with Crippen LogP contribution >= 0.6 is 79.3 Å². The van der Waals surface area contributed by atoms with Crippen molar-refractivity contribution in [2.45, 2.75) is 91.3 Å². The van der Waals surface area contributed by atoms with Gasteiger partial charge in [0.15, 0.2) is 21.7 Å². The predicted octanol–water partition coefficient (Wildman–Crippen LogP) is 20.7. The quantitative estimate of drug-likeness (QED) is 0.0608. The van der Waals surface area contributed by atoms with Gasteiger partial charge in [0.05, 0.1) is 44.1 Å². The van der Waals surface area contributed by atoms with Crippen LogP contribution in [-0.2, 0) is 19.6 Å². The van der Waals surface area contributed by atoms with Gasteiger partial charge < -0.3 is 19.0 Å². The average Bonchev–Trinajstić information content (AvgIpc) is 0.789. The van der Waals surface area contributed by atoms with E-state index in [0.29, 0.717) is 40.2 Å². The minimum Gasteiger partial charge on any atom is -0.341 e. The van der Waals surface area contributed by atoms with Crippen LogP contribution in [0.25, 0.3) is 87.2 Å². The second-order valence-electron chi connectivity index (χ2n) is 24.4. The van der Waals surface area contributed by atoms with Gasteiger partial charge in [0.1, 0.15) is 0 Å². The maximum Gasteiger partial charge on any atom is 0.326 e. The highest BCUT2D eigenvalue weighted by molar-refractivity contribution is 8.44. The first kappa shape index (κ1) is 75.6. The molecule has 1 N–H and O–H groups in total. The van der Waals surface area contributed by atoms with E-state index in [0.717, 1.165) is 115 Å². The Morgan fingerprint density at radius 1 is 0.449 bits per heavy atom. The molecule has 9 aromatic carbocycles. The largest absolute Gasteiger partial charge is 0.341 e. The average molecular weight is 1450 g/mol. The number of carbonyl (C=O) groups is 1.